The average Bonchev–Trinajstić information content (AvgIpc) is 3.03. The van der Waals surface area contributed by atoms with Gasteiger partial charge in [0.1, 0.15) is 12.3 Å². The first-order valence-electron chi connectivity index (χ1n) is 5.61. The van der Waals surface area contributed by atoms with Crippen LogP contribution in [0.3, 0.4) is 0 Å². The summed E-state index contributed by atoms with van der Waals surface area (Å²) >= 11 is 0. The molecule has 20 heavy (non-hydrogen) atoms. The molecule has 0 saturated carbocycles. The number of H-pyrrole nitrogens is 1. The van der Waals surface area contributed by atoms with Crippen LogP contribution in [0.4, 0.5) is 13.2 Å². The lowest BCUT2D eigenvalue weighted by Crippen LogP contribution is -2.44. The molecule has 0 spiro atoms. The van der Waals surface area contributed by atoms with Gasteiger partial charge in [-0.1, -0.05) is 6.92 Å². The van der Waals surface area contributed by atoms with Crippen molar-refractivity contribution in [1.82, 2.24) is 25.9 Å². The molecule has 2 heterocycles. The number of furan rings is 1. The van der Waals surface area contributed by atoms with Crippen molar-refractivity contribution in [2.75, 3.05) is 0 Å². The van der Waals surface area contributed by atoms with E-state index in [0.717, 1.165) is 6.26 Å². The highest BCUT2D eigenvalue weighted by atomic mass is 19.4. The molecule has 1 unspecified atom stereocenters. The van der Waals surface area contributed by atoms with Gasteiger partial charge in [-0.2, -0.15) is 18.4 Å². The third kappa shape index (κ3) is 2.95. The van der Waals surface area contributed by atoms with Crippen LogP contribution < -0.4 is 5.32 Å². The van der Waals surface area contributed by atoms with Crippen molar-refractivity contribution >= 4 is 5.91 Å². The van der Waals surface area contributed by atoms with Crippen LogP contribution in [0.5, 0.6) is 0 Å². The molecule has 108 valence electrons. The predicted molar refractivity (Wildman–Crippen MR) is 59.5 cm³/mol. The summed E-state index contributed by atoms with van der Waals surface area (Å²) in [5, 5.41) is 14.6. The number of halogens is 3. The standard InChI is InChI=1S/C10H10F3N5O2/c1-2-7(10(11,12)13)14-9(19)5-3-6(20-4-5)8-15-17-18-16-8/h3-4,7H,2H2,1H3,(H,14,19)(H,15,16,17,18). The van der Waals surface area contributed by atoms with Gasteiger partial charge in [0.05, 0.1) is 5.56 Å². The van der Waals surface area contributed by atoms with Gasteiger partial charge in [0.15, 0.2) is 5.76 Å². The van der Waals surface area contributed by atoms with Gasteiger partial charge in [0.2, 0.25) is 5.82 Å². The highest BCUT2D eigenvalue weighted by molar-refractivity contribution is 5.95. The molecule has 1 atom stereocenters. The quantitative estimate of drug-likeness (QED) is 0.889. The van der Waals surface area contributed by atoms with E-state index in [1.165, 1.54) is 13.0 Å². The van der Waals surface area contributed by atoms with Crippen molar-refractivity contribution in [1.29, 1.82) is 0 Å². The fraction of sp³-hybridized carbons (Fsp3) is 0.400. The van der Waals surface area contributed by atoms with Crippen molar-refractivity contribution < 1.29 is 22.4 Å². The lowest BCUT2D eigenvalue weighted by atomic mass is 10.2. The maximum absolute atomic E-state index is 12.6. The number of tetrazole rings is 1. The molecule has 0 aliphatic heterocycles. The molecule has 2 N–H and O–H groups in total. The van der Waals surface area contributed by atoms with Crippen LogP contribution >= 0.6 is 0 Å². The lowest BCUT2D eigenvalue weighted by Gasteiger charge is -2.19. The molecular formula is C10H10F3N5O2. The minimum Gasteiger partial charge on any atom is -0.460 e. The number of hydrogen-bond donors (Lipinski definition) is 2. The van der Waals surface area contributed by atoms with Crippen LogP contribution in [0, 0.1) is 0 Å². The summed E-state index contributed by atoms with van der Waals surface area (Å²) in [6.45, 7) is 1.33. The van der Waals surface area contributed by atoms with Crippen LogP contribution in [0.2, 0.25) is 0 Å². The van der Waals surface area contributed by atoms with Crippen LogP contribution in [0.1, 0.15) is 23.7 Å². The Labute approximate surface area is 110 Å². The molecular weight excluding hydrogens is 279 g/mol. The van der Waals surface area contributed by atoms with Crippen molar-refractivity contribution in [3.05, 3.63) is 17.9 Å². The largest absolute Gasteiger partial charge is 0.460 e. The highest BCUT2D eigenvalue weighted by Gasteiger charge is 2.39. The Hall–Kier alpha value is -2.39. The van der Waals surface area contributed by atoms with E-state index < -0.39 is 18.1 Å². The number of nitrogens with one attached hydrogen (secondary N) is 2. The number of aromatic amines is 1. The molecule has 2 rings (SSSR count). The summed E-state index contributed by atoms with van der Waals surface area (Å²) in [5.74, 6) is -0.650. The van der Waals surface area contributed by atoms with Gasteiger partial charge in [-0.25, -0.2) is 0 Å². The molecule has 0 bridgehead atoms. The van der Waals surface area contributed by atoms with Crippen LogP contribution in [0.25, 0.3) is 11.6 Å². The van der Waals surface area contributed by atoms with Gasteiger partial charge in [0.25, 0.3) is 5.91 Å². The summed E-state index contributed by atoms with van der Waals surface area (Å²) in [5.41, 5.74) is -0.0486. The first kappa shape index (κ1) is 14.0. The van der Waals surface area contributed by atoms with E-state index in [4.69, 9.17) is 4.42 Å². The second-order valence-corrected chi connectivity index (χ2v) is 3.91. The molecule has 0 aliphatic rings. The first-order chi connectivity index (χ1) is 9.41. The highest BCUT2D eigenvalue weighted by Crippen LogP contribution is 2.23. The maximum Gasteiger partial charge on any atom is 0.408 e. The second kappa shape index (κ2) is 5.31. The molecule has 0 aliphatic carbocycles. The zero-order chi connectivity index (χ0) is 14.8. The average molecular weight is 289 g/mol. The number of rotatable bonds is 4. The number of nitrogens with zero attached hydrogens (tertiary/aromatic N) is 3. The summed E-state index contributed by atoms with van der Waals surface area (Å²) < 4.78 is 42.7. The Morgan fingerprint density at radius 3 is 2.85 bits per heavy atom. The topological polar surface area (TPSA) is 96.7 Å². The van der Waals surface area contributed by atoms with Gasteiger partial charge >= 0.3 is 6.18 Å². The maximum atomic E-state index is 12.6. The number of carbonyl (C=O) groups is 1. The molecule has 1 amide bonds. The van der Waals surface area contributed by atoms with E-state index in [9.17, 15) is 18.0 Å². The van der Waals surface area contributed by atoms with Gasteiger partial charge in [-0.15, -0.1) is 10.2 Å². The minimum absolute atomic E-state index is 0.0486. The summed E-state index contributed by atoms with van der Waals surface area (Å²) in [4.78, 5) is 11.7. The van der Waals surface area contributed by atoms with Gasteiger partial charge in [-0.05, 0) is 11.6 Å². The van der Waals surface area contributed by atoms with Gasteiger partial charge in [0, 0.05) is 6.07 Å². The van der Waals surface area contributed by atoms with Crippen molar-refractivity contribution in [2.24, 2.45) is 0 Å². The number of alkyl halides is 3. The molecule has 0 fully saturated rings. The Kier molecular flexibility index (Phi) is 3.72. The Morgan fingerprint density at radius 1 is 1.55 bits per heavy atom. The lowest BCUT2D eigenvalue weighted by molar-refractivity contribution is -0.153. The minimum atomic E-state index is -4.50. The normalized spacial score (nSPS) is 13.2. The van der Waals surface area contributed by atoms with E-state index in [1.807, 2.05) is 5.32 Å². The molecule has 2 aromatic rings. The van der Waals surface area contributed by atoms with E-state index in [2.05, 4.69) is 20.6 Å². The number of amides is 1. The SMILES string of the molecule is CCC(NC(=O)c1coc(-c2nn[nH]n2)c1)C(F)(F)F. The van der Waals surface area contributed by atoms with E-state index in [-0.39, 0.29) is 23.6 Å². The third-order valence-corrected chi connectivity index (χ3v) is 2.54. The van der Waals surface area contributed by atoms with Crippen LogP contribution in [-0.4, -0.2) is 38.7 Å². The third-order valence-electron chi connectivity index (χ3n) is 2.54. The molecule has 0 aromatic carbocycles. The molecule has 0 saturated heterocycles. The van der Waals surface area contributed by atoms with Gasteiger partial charge < -0.3 is 9.73 Å². The fourth-order valence-electron chi connectivity index (χ4n) is 1.50. The summed E-state index contributed by atoms with van der Waals surface area (Å²) in [6.07, 6.45) is -3.72. The van der Waals surface area contributed by atoms with Crippen LogP contribution in [0.15, 0.2) is 16.7 Å². The Balaban J connectivity index is 2.10. The first-order valence-corrected chi connectivity index (χ1v) is 5.61. The summed E-state index contributed by atoms with van der Waals surface area (Å²) in [6, 6.07) is -0.665. The smallest absolute Gasteiger partial charge is 0.408 e. The zero-order valence-electron chi connectivity index (χ0n) is 10.2. The fourth-order valence-corrected chi connectivity index (χ4v) is 1.50. The van der Waals surface area contributed by atoms with Crippen molar-refractivity contribution in [2.45, 2.75) is 25.6 Å². The molecule has 10 heteroatoms. The zero-order valence-corrected chi connectivity index (χ0v) is 10.2. The Bertz CT molecular complexity index is 578. The van der Waals surface area contributed by atoms with E-state index >= 15 is 0 Å². The van der Waals surface area contributed by atoms with Gasteiger partial charge in [-0.3, -0.25) is 4.79 Å². The number of carbonyl (C=O) groups excluding carboxylic acids is 1. The van der Waals surface area contributed by atoms with Crippen molar-refractivity contribution in [3.8, 4) is 11.6 Å². The van der Waals surface area contributed by atoms with E-state index in [1.54, 1.807) is 0 Å². The molecule has 2 aromatic heterocycles. The predicted octanol–water partition coefficient (Wildman–Crippen LogP) is 1.53. The van der Waals surface area contributed by atoms with Crippen molar-refractivity contribution in [3.63, 3.8) is 0 Å². The molecule has 7 nitrogen and oxygen atoms in total. The second-order valence-electron chi connectivity index (χ2n) is 3.91. The number of aromatic nitrogens is 4. The molecule has 0 radical (unpaired) electrons. The monoisotopic (exact) mass is 289 g/mol. The summed E-state index contributed by atoms with van der Waals surface area (Å²) in [7, 11) is 0. The Morgan fingerprint density at radius 2 is 2.30 bits per heavy atom. The van der Waals surface area contributed by atoms with E-state index in [0.29, 0.717) is 0 Å². The number of hydrogen-bond acceptors (Lipinski definition) is 5. The van der Waals surface area contributed by atoms with Crippen LogP contribution in [-0.2, 0) is 0 Å².